The van der Waals surface area contributed by atoms with Crippen molar-refractivity contribution in [2.24, 2.45) is 5.41 Å². The Morgan fingerprint density at radius 1 is 1.20 bits per heavy atom. The largest absolute Gasteiger partial charge is 0.309 e. The van der Waals surface area contributed by atoms with E-state index in [-0.39, 0.29) is 11.3 Å². The van der Waals surface area contributed by atoms with Gasteiger partial charge < -0.3 is 5.32 Å². The molecule has 124 valence electrons. The van der Waals surface area contributed by atoms with Crippen LogP contribution in [0.5, 0.6) is 0 Å². The van der Waals surface area contributed by atoms with Crippen molar-refractivity contribution in [3.63, 3.8) is 0 Å². The Morgan fingerprint density at radius 3 is 2.80 bits per heavy atom. The first-order valence-electron chi connectivity index (χ1n) is 8.29. The molecule has 1 fully saturated rings. The summed E-state index contributed by atoms with van der Waals surface area (Å²) in [5, 5.41) is 9.66. The van der Waals surface area contributed by atoms with E-state index in [4.69, 9.17) is 4.98 Å². The minimum atomic E-state index is -0.231. The number of aryl methyl sites for hydroxylation is 1. The molecule has 1 aromatic carbocycles. The topological polar surface area (TPSA) is 96.4 Å². The molecule has 2 aromatic heterocycles. The summed E-state index contributed by atoms with van der Waals surface area (Å²) in [4.78, 5) is 25.5. The molecule has 5 rings (SSSR count). The lowest BCUT2D eigenvalue weighted by atomic mass is 9.95. The Balaban J connectivity index is 1.53. The third-order valence-electron chi connectivity index (χ3n) is 5.11. The maximum absolute atomic E-state index is 12.1. The number of fused-ring (bicyclic) bond motifs is 1. The predicted molar refractivity (Wildman–Crippen MR) is 91.6 cm³/mol. The van der Waals surface area contributed by atoms with Gasteiger partial charge in [-0.25, -0.2) is 15.0 Å². The van der Waals surface area contributed by atoms with E-state index in [2.05, 4.69) is 31.5 Å². The molecule has 3 heterocycles. The van der Waals surface area contributed by atoms with Gasteiger partial charge in [0.05, 0.1) is 23.0 Å². The molecule has 7 heteroatoms. The number of nitrogens with one attached hydrogen (secondary N) is 2. The van der Waals surface area contributed by atoms with Gasteiger partial charge in [0, 0.05) is 17.5 Å². The summed E-state index contributed by atoms with van der Waals surface area (Å²) in [6.07, 6.45) is 5.78. The van der Waals surface area contributed by atoms with Crippen molar-refractivity contribution in [3.05, 3.63) is 42.0 Å². The van der Waals surface area contributed by atoms with Crippen molar-refractivity contribution in [1.82, 2.24) is 25.1 Å². The van der Waals surface area contributed by atoms with Crippen LogP contribution in [0.1, 0.15) is 24.1 Å². The van der Waals surface area contributed by atoms with Crippen LogP contribution >= 0.6 is 0 Å². The molecular weight excluding hydrogens is 316 g/mol. The van der Waals surface area contributed by atoms with Crippen molar-refractivity contribution in [2.75, 3.05) is 5.32 Å². The van der Waals surface area contributed by atoms with Crippen LogP contribution in [0.2, 0.25) is 0 Å². The molecule has 7 nitrogen and oxygen atoms in total. The average Bonchev–Trinajstić information content (AvgIpc) is 3.17. The van der Waals surface area contributed by atoms with E-state index in [0.717, 1.165) is 46.7 Å². The Morgan fingerprint density at radius 2 is 2.08 bits per heavy atom. The minimum Gasteiger partial charge on any atom is -0.309 e. The first kappa shape index (κ1) is 14.3. The molecule has 0 radical (unpaired) electrons. The van der Waals surface area contributed by atoms with Gasteiger partial charge in [-0.2, -0.15) is 5.10 Å². The first-order valence-corrected chi connectivity index (χ1v) is 8.29. The zero-order valence-electron chi connectivity index (χ0n) is 13.7. The molecular formula is C18H16N6O. The third-order valence-corrected chi connectivity index (χ3v) is 5.11. The number of H-pyrrole nitrogens is 1. The fourth-order valence-corrected chi connectivity index (χ4v) is 3.42. The highest BCUT2D eigenvalue weighted by Crippen LogP contribution is 2.51. The Kier molecular flexibility index (Phi) is 2.83. The number of hydrogen-bond acceptors (Lipinski definition) is 5. The molecule has 2 N–H and O–H groups in total. The van der Waals surface area contributed by atoms with Gasteiger partial charge in [0.15, 0.2) is 11.6 Å². The van der Waals surface area contributed by atoms with E-state index in [0.29, 0.717) is 12.2 Å². The van der Waals surface area contributed by atoms with Crippen LogP contribution in [0.15, 0.2) is 30.7 Å². The molecule has 1 amide bonds. The zero-order chi connectivity index (χ0) is 17.0. The van der Waals surface area contributed by atoms with Gasteiger partial charge >= 0.3 is 0 Å². The van der Waals surface area contributed by atoms with Gasteiger partial charge in [0.1, 0.15) is 6.33 Å². The van der Waals surface area contributed by atoms with Crippen LogP contribution in [0, 0.1) is 12.3 Å². The van der Waals surface area contributed by atoms with Crippen molar-refractivity contribution in [1.29, 1.82) is 0 Å². The molecule has 25 heavy (non-hydrogen) atoms. The number of benzene rings is 1. The lowest BCUT2D eigenvalue weighted by Crippen LogP contribution is -2.32. The van der Waals surface area contributed by atoms with Gasteiger partial charge in [0.2, 0.25) is 5.91 Å². The highest BCUT2D eigenvalue weighted by molar-refractivity contribution is 5.99. The van der Waals surface area contributed by atoms with E-state index in [9.17, 15) is 4.79 Å². The van der Waals surface area contributed by atoms with Crippen LogP contribution in [0.25, 0.3) is 22.6 Å². The molecule has 0 unspecified atom stereocenters. The molecule has 1 aliphatic heterocycles. The highest BCUT2D eigenvalue weighted by atomic mass is 16.2. The van der Waals surface area contributed by atoms with E-state index in [1.54, 1.807) is 6.20 Å². The average molecular weight is 332 g/mol. The van der Waals surface area contributed by atoms with Gasteiger partial charge in [-0.05, 0) is 31.4 Å². The van der Waals surface area contributed by atoms with Crippen LogP contribution in [0.4, 0.5) is 5.82 Å². The monoisotopic (exact) mass is 332 g/mol. The normalized spacial score (nSPS) is 17.2. The molecule has 3 aromatic rings. The second kappa shape index (κ2) is 4.95. The maximum atomic E-state index is 12.1. The summed E-state index contributed by atoms with van der Waals surface area (Å²) < 4.78 is 0. The van der Waals surface area contributed by atoms with Crippen molar-refractivity contribution in [2.45, 2.75) is 26.2 Å². The van der Waals surface area contributed by atoms with Crippen LogP contribution in [-0.2, 0) is 11.2 Å². The fourth-order valence-electron chi connectivity index (χ4n) is 3.42. The number of carbonyl (C=O) groups is 1. The molecule has 1 aliphatic carbocycles. The van der Waals surface area contributed by atoms with Gasteiger partial charge in [0.25, 0.3) is 0 Å². The lowest BCUT2D eigenvalue weighted by molar-refractivity contribution is -0.121. The summed E-state index contributed by atoms with van der Waals surface area (Å²) >= 11 is 0. The number of carbonyl (C=O) groups excluding carboxylic acids is 1. The van der Waals surface area contributed by atoms with Crippen LogP contribution in [0.3, 0.4) is 0 Å². The number of nitrogens with zero attached hydrogens (tertiary/aromatic N) is 4. The number of aromatic nitrogens is 5. The standard InChI is InChI=1S/C18H16N6O/c1-10-6-11(15-20-9-21-24-15)2-3-12(10)14-8-19-16-13(22-14)7-18(4-5-18)17(25)23-16/h2-3,6,8-9H,4-5,7H2,1H3,(H,19,23,25)(H,20,21,24). The number of anilines is 1. The van der Waals surface area contributed by atoms with Crippen LogP contribution < -0.4 is 5.32 Å². The van der Waals surface area contributed by atoms with Crippen molar-refractivity contribution >= 4 is 11.7 Å². The number of aromatic amines is 1. The van der Waals surface area contributed by atoms with E-state index < -0.39 is 0 Å². The van der Waals surface area contributed by atoms with Crippen molar-refractivity contribution < 1.29 is 4.79 Å². The first-order chi connectivity index (χ1) is 12.1. The third kappa shape index (κ3) is 2.23. The summed E-state index contributed by atoms with van der Waals surface area (Å²) in [6.45, 7) is 2.04. The molecule has 2 aliphatic rings. The molecule has 0 saturated heterocycles. The van der Waals surface area contributed by atoms with E-state index in [1.165, 1.54) is 6.33 Å². The molecule has 1 saturated carbocycles. The Bertz CT molecular complexity index is 991. The summed E-state index contributed by atoms with van der Waals surface area (Å²) in [5.74, 6) is 1.43. The maximum Gasteiger partial charge on any atom is 0.232 e. The summed E-state index contributed by atoms with van der Waals surface area (Å²) in [7, 11) is 0. The smallest absolute Gasteiger partial charge is 0.232 e. The van der Waals surface area contributed by atoms with E-state index in [1.807, 2.05) is 19.1 Å². The Hall–Kier alpha value is -3.09. The Labute approximate surface area is 143 Å². The lowest BCUT2D eigenvalue weighted by Gasteiger charge is -2.23. The van der Waals surface area contributed by atoms with Gasteiger partial charge in [-0.1, -0.05) is 12.1 Å². The molecule has 0 atom stereocenters. The zero-order valence-corrected chi connectivity index (χ0v) is 13.7. The highest BCUT2D eigenvalue weighted by Gasteiger charge is 2.52. The SMILES string of the molecule is Cc1cc(-c2ncn[nH]2)ccc1-c1cnc2c(n1)CC1(CC1)C(=O)N2. The number of hydrogen-bond donors (Lipinski definition) is 2. The quantitative estimate of drug-likeness (QED) is 0.751. The van der Waals surface area contributed by atoms with E-state index >= 15 is 0 Å². The molecule has 0 bridgehead atoms. The minimum absolute atomic E-state index is 0.0923. The second-order valence-corrected chi connectivity index (χ2v) is 6.83. The number of rotatable bonds is 2. The van der Waals surface area contributed by atoms with Gasteiger partial charge in [-0.15, -0.1) is 0 Å². The summed E-state index contributed by atoms with van der Waals surface area (Å²) in [5.41, 5.74) is 4.57. The fraction of sp³-hybridized carbons (Fsp3) is 0.278. The summed E-state index contributed by atoms with van der Waals surface area (Å²) in [6, 6.07) is 6.08. The van der Waals surface area contributed by atoms with Gasteiger partial charge in [-0.3, -0.25) is 9.89 Å². The predicted octanol–water partition coefficient (Wildman–Crippen LogP) is 2.51. The second-order valence-electron chi connectivity index (χ2n) is 6.83. The van der Waals surface area contributed by atoms with Crippen molar-refractivity contribution in [3.8, 4) is 22.6 Å². The number of amides is 1. The van der Waals surface area contributed by atoms with Crippen LogP contribution in [-0.4, -0.2) is 31.1 Å². The molecule has 1 spiro atoms.